The molecule has 2 aliphatic rings. The smallest absolute Gasteiger partial charge is 0.286 e. The summed E-state index contributed by atoms with van der Waals surface area (Å²) in [5.41, 5.74) is 0.591. The molecule has 1 aromatic heterocycles. The van der Waals surface area contributed by atoms with Gasteiger partial charge in [0.15, 0.2) is 0 Å². The Morgan fingerprint density at radius 1 is 1.00 bits per heavy atom. The van der Waals surface area contributed by atoms with Gasteiger partial charge in [-0.3, -0.25) is 14.4 Å². The quantitative estimate of drug-likeness (QED) is 0.719. The summed E-state index contributed by atoms with van der Waals surface area (Å²) in [5.74, 6) is 0.610. The highest BCUT2D eigenvalue weighted by atomic mass is 32.1. The molecular weight excluding hydrogens is 442 g/mol. The average molecular weight is 472 g/mol. The summed E-state index contributed by atoms with van der Waals surface area (Å²) >= 11 is 0.962. The predicted molar refractivity (Wildman–Crippen MR) is 124 cm³/mol. The molecule has 10 heteroatoms. The standard InChI is InChI=1S/C23H29N5O4S/c1-15-9-12-27(13-10-15)22(30)16-4-3-11-28(14-16)23(31)21-26-25-20(33-21)19(29)24-17-5-7-18(32-2)8-6-17/h5-8,15-16H,3-4,9-14H2,1-2H3,(H,24,29)/t16-/m0/s1. The molecule has 1 aromatic carbocycles. The third kappa shape index (κ3) is 5.50. The van der Waals surface area contributed by atoms with E-state index in [0.717, 1.165) is 50.1 Å². The van der Waals surface area contributed by atoms with Crippen LogP contribution in [0, 0.1) is 11.8 Å². The van der Waals surface area contributed by atoms with Gasteiger partial charge in [0.25, 0.3) is 11.8 Å². The van der Waals surface area contributed by atoms with E-state index in [-0.39, 0.29) is 27.7 Å². The predicted octanol–water partition coefficient (Wildman–Crippen LogP) is 2.91. The number of likely N-dealkylation sites (tertiary alicyclic amines) is 2. The molecule has 3 heterocycles. The fourth-order valence-electron chi connectivity index (χ4n) is 4.25. The SMILES string of the molecule is COc1ccc(NC(=O)c2nnc(C(=O)N3CCC[C@H](C(=O)N4CCC(C)CC4)C3)s2)cc1. The van der Waals surface area contributed by atoms with Crippen molar-refractivity contribution in [3.8, 4) is 5.75 Å². The van der Waals surface area contributed by atoms with E-state index in [1.807, 2.05) is 4.90 Å². The molecule has 3 amide bonds. The van der Waals surface area contributed by atoms with E-state index >= 15 is 0 Å². The molecule has 0 unspecified atom stereocenters. The van der Waals surface area contributed by atoms with Crippen LogP contribution in [0.5, 0.6) is 5.75 Å². The van der Waals surface area contributed by atoms with Crippen LogP contribution in [0.4, 0.5) is 5.69 Å². The molecule has 2 aliphatic heterocycles. The highest BCUT2D eigenvalue weighted by Gasteiger charge is 2.33. The van der Waals surface area contributed by atoms with Gasteiger partial charge >= 0.3 is 0 Å². The number of anilines is 1. The van der Waals surface area contributed by atoms with Crippen molar-refractivity contribution in [1.29, 1.82) is 0 Å². The first-order chi connectivity index (χ1) is 15.9. The van der Waals surface area contributed by atoms with Crippen molar-refractivity contribution < 1.29 is 19.1 Å². The van der Waals surface area contributed by atoms with Crippen LogP contribution >= 0.6 is 11.3 Å². The van der Waals surface area contributed by atoms with E-state index in [9.17, 15) is 14.4 Å². The Balaban J connectivity index is 1.35. The molecule has 1 atom stereocenters. The number of hydrogen-bond acceptors (Lipinski definition) is 7. The third-order valence-electron chi connectivity index (χ3n) is 6.30. The first-order valence-corrected chi connectivity index (χ1v) is 12.1. The second-order valence-corrected chi connectivity index (χ2v) is 9.67. The average Bonchev–Trinajstić information content (AvgIpc) is 3.35. The van der Waals surface area contributed by atoms with Crippen LogP contribution in [0.25, 0.3) is 0 Å². The van der Waals surface area contributed by atoms with Crippen molar-refractivity contribution in [2.24, 2.45) is 11.8 Å². The maximum Gasteiger partial charge on any atom is 0.286 e. The van der Waals surface area contributed by atoms with Crippen LogP contribution in [0.1, 0.15) is 52.2 Å². The summed E-state index contributed by atoms with van der Waals surface area (Å²) in [6.45, 7) is 4.78. The van der Waals surface area contributed by atoms with Gasteiger partial charge in [-0.2, -0.15) is 0 Å². The van der Waals surface area contributed by atoms with E-state index in [1.54, 1.807) is 36.3 Å². The minimum atomic E-state index is -0.428. The molecule has 9 nitrogen and oxygen atoms in total. The van der Waals surface area contributed by atoms with Crippen molar-refractivity contribution >= 4 is 34.7 Å². The number of carbonyl (C=O) groups is 3. The zero-order chi connectivity index (χ0) is 23.4. The van der Waals surface area contributed by atoms with E-state index in [1.165, 1.54) is 0 Å². The Bertz CT molecular complexity index is 1000. The molecule has 4 rings (SSSR count). The number of nitrogens with zero attached hydrogens (tertiary/aromatic N) is 4. The van der Waals surface area contributed by atoms with Gasteiger partial charge in [0, 0.05) is 31.9 Å². The topological polar surface area (TPSA) is 105 Å². The van der Waals surface area contributed by atoms with Gasteiger partial charge in [-0.25, -0.2) is 0 Å². The van der Waals surface area contributed by atoms with Gasteiger partial charge < -0.3 is 19.9 Å². The summed E-state index contributed by atoms with van der Waals surface area (Å²) in [7, 11) is 1.57. The van der Waals surface area contributed by atoms with E-state index in [2.05, 4.69) is 22.4 Å². The summed E-state index contributed by atoms with van der Waals surface area (Å²) < 4.78 is 5.11. The second kappa shape index (κ2) is 10.3. The fraction of sp³-hybridized carbons (Fsp3) is 0.522. The molecule has 0 radical (unpaired) electrons. The molecule has 176 valence electrons. The van der Waals surface area contributed by atoms with E-state index in [4.69, 9.17) is 4.74 Å². The Kier molecular flexibility index (Phi) is 7.22. The fourth-order valence-corrected chi connectivity index (χ4v) is 4.95. The second-order valence-electron chi connectivity index (χ2n) is 8.69. The molecule has 2 saturated heterocycles. The first kappa shape index (κ1) is 23.2. The van der Waals surface area contributed by atoms with Gasteiger partial charge in [-0.1, -0.05) is 18.3 Å². The van der Waals surface area contributed by atoms with Crippen LogP contribution < -0.4 is 10.1 Å². The van der Waals surface area contributed by atoms with E-state index < -0.39 is 5.91 Å². The molecule has 1 N–H and O–H groups in total. The zero-order valence-corrected chi connectivity index (χ0v) is 19.8. The number of methoxy groups -OCH3 is 1. The number of hydrogen-bond donors (Lipinski definition) is 1. The normalized spacial score (nSPS) is 19.3. The highest BCUT2D eigenvalue weighted by Crippen LogP contribution is 2.25. The summed E-state index contributed by atoms with van der Waals surface area (Å²) in [5, 5.41) is 10.9. The highest BCUT2D eigenvalue weighted by molar-refractivity contribution is 7.15. The number of piperidine rings is 2. The Morgan fingerprint density at radius 3 is 2.39 bits per heavy atom. The Labute approximate surface area is 197 Å². The van der Waals surface area contributed by atoms with Crippen molar-refractivity contribution in [1.82, 2.24) is 20.0 Å². The molecule has 0 spiro atoms. The number of nitrogens with one attached hydrogen (secondary N) is 1. The maximum atomic E-state index is 13.0. The molecule has 2 aromatic rings. The molecule has 0 saturated carbocycles. The lowest BCUT2D eigenvalue weighted by Crippen LogP contribution is -2.48. The van der Waals surface area contributed by atoms with Crippen LogP contribution in [0.15, 0.2) is 24.3 Å². The molecule has 2 fully saturated rings. The summed E-state index contributed by atoms with van der Waals surface area (Å²) in [4.78, 5) is 42.1. The van der Waals surface area contributed by atoms with Crippen molar-refractivity contribution in [3.05, 3.63) is 34.3 Å². The lowest BCUT2D eigenvalue weighted by molar-refractivity contribution is -0.138. The Morgan fingerprint density at radius 2 is 1.70 bits per heavy atom. The molecule has 0 bridgehead atoms. The summed E-state index contributed by atoms with van der Waals surface area (Å²) in [6, 6.07) is 6.92. The zero-order valence-electron chi connectivity index (χ0n) is 19.0. The number of carbonyl (C=O) groups excluding carboxylic acids is 3. The third-order valence-corrected chi connectivity index (χ3v) is 7.21. The monoisotopic (exact) mass is 471 g/mol. The van der Waals surface area contributed by atoms with Gasteiger partial charge in [0.1, 0.15) is 5.75 Å². The number of ether oxygens (including phenoxy) is 1. The number of benzene rings is 1. The lowest BCUT2D eigenvalue weighted by atomic mass is 9.93. The Hall–Kier alpha value is -3.01. The van der Waals surface area contributed by atoms with Crippen molar-refractivity contribution in [3.63, 3.8) is 0 Å². The molecular formula is C23H29N5O4S. The van der Waals surface area contributed by atoms with E-state index in [0.29, 0.717) is 30.4 Å². The van der Waals surface area contributed by atoms with Crippen LogP contribution in [0.3, 0.4) is 0 Å². The largest absolute Gasteiger partial charge is 0.497 e. The number of aromatic nitrogens is 2. The molecule has 33 heavy (non-hydrogen) atoms. The minimum absolute atomic E-state index is 0.112. The van der Waals surface area contributed by atoms with Gasteiger partial charge in [0.2, 0.25) is 15.9 Å². The van der Waals surface area contributed by atoms with Gasteiger partial charge in [0.05, 0.1) is 13.0 Å². The minimum Gasteiger partial charge on any atom is -0.497 e. The number of rotatable bonds is 5. The van der Waals surface area contributed by atoms with Crippen molar-refractivity contribution in [2.45, 2.75) is 32.6 Å². The van der Waals surface area contributed by atoms with Crippen LogP contribution in [0.2, 0.25) is 0 Å². The summed E-state index contributed by atoms with van der Waals surface area (Å²) in [6.07, 6.45) is 3.64. The van der Waals surface area contributed by atoms with Crippen LogP contribution in [-0.4, -0.2) is 71.0 Å². The van der Waals surface area contributed by atoms with Gasteiger partial charge in [-0.05, 0) is 55.9 Å². The van der Waals surface area contributed by atoms with Crippen LogP contribution in [-0.2, 0) is 4.79 Å². The van der Waals surface area contributed by atoms with Gasteiger partial charge in [-0.15, -0.1) is 10.2 Å². The molecule has 0 aliphatic carbocycles. The lowest BCUT2D eigenvalue weighted by Gasteiger charge is -2.37. The number of amides is 3. The first-order valence-electron chi connectivity index (χ1n) is 11.3. The van der Waals surface area contributed by atoms with Crippen molar-refractivity contribution in [2.75, 3.05) is 38.6 Å². The maximum absolute atomic E-state index is 13.0.